The monoisotopic (exact) mass is 325 g/mol. The van der Waals surface area contributed by atoms with E-state index < -0.39 is 0 Å². The standard InChI is InChI=1S/C22H31NO/c1-3-5-7-8-10-19-13-16-21(17-22(19)24)23-20-14-11-18(12-15-20)9-6-4-2/h11-17,23-24H,3-10H2,1-2H3. The molecule has 0 amide bonds. The summed E-state index contributed by atoms with van der Waals surface area (Å²) in [6.07, 6.45) is 9.46. The summed E-state index contributed by atoms with van der Waals surface area (Å²) in [5.41, 5.74) is 4.43. The highest BCUT2D eigenvalue weighted by atomic mass is 16.3. The minimum absolute atomic E-state index is 0.399. The number of aromatic hydroxyl groups is 1. The number of phenols is 1. The zero-order valence-electron chi connectivity index (χ0n) is 15.1. The summed E-state index contributed by atoms with van der Waals surface area (Å²) in [4.78, 5) is 0. The lowest BCUT2D eigenvalue weighted by molar-refractivity contribution is 0.466. The van der Waals surface area contributed by atoms with Crippen molar-refractivity contribution in [2.75, 3.05) is 5.32 Å². The Hall–Kier alpha value is -1.96. The third-order valence-electron chi connectivity index (χ3n) is 4.45. The highest BCUT2D eigenvalue weighted by Gasteiger charge is 2.03. The molecule has 0 aliphatic heterocycles. The first kappa shape index (κ1) is 18.4. The molecule has 0 aliphatic carbocycles. The van der Waals surface area contributed by atoms with Gasteiger partial charge in [0.1, 0.15) is 5.75 Å². The average molecular weight is 325 g/mol. The maximum atomic E-state index is 10.2. The van der Waals surface area contributed by atoms with Gasteiger partial charge in [-0.15, -0.1) is 0 Å². The van der Waals surface area contributed by atoms with Crippen LogP contribution in [0.1, 0.15) is 63.5 Å². The highest BCUT2D eigenvalue weighted by Crippen LogP contribution is 2.26. The summed E-state index contributed by atoms with van der Waals surface area (Å²) < 4.78 is 0. The molecule has 0 spiro atoms. The Labute approximate surface area is 146 Å². The number of benzene rings is 2. The van der Waals surface area contributed by atoms with E-state index in [1.807, 2.05) is 12.1 Å². The minimum atomic E-state index is 0.399. The lowest BCUT2D eigenvalue weighted by Gasteiger charge is -2.10. The maximum Gasteiger partial charge on any atom is 0.120 e. The van der Waals surface area contributed by atoms with Crippen molar-refractivity contribution in [2.45, 2.75) is 65.2 Å². The van der Waals surface area contributed by atoms with E-state index >= 15 is 0 Å². The highest BCUT2D eigenvalue weighted by molar-refractivity contribution is 5.62. The van der Waals surface area contributed by atoms with E-state index in [4.69, 9.17) is 0 Å². The fraction of sp³-hybridized carbons (Fsp3) is 0.455. The second-order valence-electron chi connectivity index (χ2n) is 6.58. The van der Waals surface area contributed by atoms with E-state index in [1.165, 1.54) is 37.7 Å². The van der Waals surface area contributed by atoms with Crippen molar-refractivity contribution in [2.24, 2.45) is 0 Å². The maximum absolute atomic E-state index is 10.2. The largest absolute Gasteiger partial charge is 0.508 e. The van der Waals surface area contributed by atoms with Crippen LogP contribution in [0.25, 0.3) is 0 Å². The Balaban J connectivity index is 1.91. The molecule has 2 rings (SSSR count). The van der Waals surface area contributed by atoms with Gasteiger partial charge in [-0.05, 0) is 55.0 Å². The predicted molar refractivity (Wildman–Crippen MR) is 104 cm³/mol. The fourth-order valence-corrected chi connectivity index (χ4v) is 2.90. The van der Waals surface area contributed by atoms with E-state index in [0.717, 1.165) is 36.2 Å². The van der Waals surface area contributed by atoms with Gasteiger partial charge in [0.2, 0.25) is 0 Å². The van der Waals surface area contributed by atoms with Crippen molar-refractivity contribution >= 4 is 11.4 Å². The Kier molecular flexibility index (Phi) is 7.67. The van der Waals surface area contributed by atoms with Gasteiger partial charge in [0, 0.05) is 17.4 Å². The molecule has 130 valence electrons. The van der Waals surface area contributed by atoms with Gasteiger partial charge in [0.25, 0.3) is 0 Å². The number of aryl methyl sites for hydroxylation is 2. The van der Waals surface area contributed by atoms with Crippen LogP contribution in [-0.2, 0) is 12.8 Å². The van der Waals surface area contributed by atoms with E-state index in [9.17, 15) is 5.11 Å². The summed E-state index contributed by atoms with van der Waals surface area (Å²) in [6.45, 7) is 4.43. The van der Waals surface area contributed by atoms with Crippen molar-refractivity contribution in [3.8, 4) is 5.75 Å². The zero-order valence-corrected chi connectivity index (χ0v) is 15.1. The van der Waals surface area contributed by atoms with Crippen molar-refractivity contribution in [1.29, 1.82) is 0 Å². The molecule has 0 aromatic heterocycles. The molecule has 0 saturated carbocycles. The Morgan fingerprint density at radius 1 is 0.750 bits per heavy atom. The van der Waals surface area contributed by atoms with E-state index in [-0.39, 0.29) is 0 Å². The van der Waals surface area contributed by atoms with Gasteiger partial charge < -0.3 is 10.4 Å². The number of phenolic OH excluding ortho intramolecular Hbond substituents is 1. The van der Waals surface area contributed by atoms with Crippen LogP contribution in [-0.4, -0.2) is 5.11 Å². The topological polar surface area (TPSA) is 32.3 Å². The van der Waals surface area contributed by atoms with Gasteiger partial charge in [0.15, 0.2) is 0 Å². The molecular formula is C22H31NO. The van der Waals surface area contributed by atoms with Crippen LogP contribution in [0.4, 0.5) is 11.4 Å². The summed E-state index contributed by atoms with van der Waals surface area (Å²) in [6, 6.07) is 14.5. The van der Waals surface area contributed by atoms with Crippen molar-refractivity contribution in [3.63, 3.8) is 0 Å². The molecule has 0 fully saturated rings. The summed E-state index contributed by atoms with van der Waals surface area (Å²) in [5, 5.41) is 13.6. The van der Waals surface area contributed by atoms with Crippen LogP contribution in [0, 0.1) is 0 Å². The Bertz CT molecular complexity index is 604. The Morgan fingerprint density at radius 3 is 2.12 bits per heavy atom. The van der Waals surface area contributed by atoms with E-state index in [2.05, 4.69) is 49.5 Å². The van der Waals surface area contributed by atoms with Gasteiger partial charge in [0.05, 0.1) is 0 Å². The molecule has 0 bridgehead atoms. The van der Waals surface area contributed by atoms with Gasteiger partial charge in [-0.1, -0.05) is 57.7 Å². The van der Waals surface area contributed by atoms with Crippen LogP contribution >= 0.6 is 0 Å². The second-order valence-corrected chi connectivity index (χ2v) is 6.58. The molecule has 0 aliphatic rings. The van der Waals surface area contributed by atoms with Crippen molar-refractivity contribution < 1.29 is 5.11 Å². The lowest BCUT2D eigenvalue weighted by Crippen LogP contribution is -1.93. The molecule has 2 aromatic carbocycles. The van der Waals surface area contributed by atoms with Crippen LogP contribution in [0.3, 0.4) is 0 Å². The first-order valence-electron chi connectivity index (χ1n) is 9.40. The number of hydrogen-bond donors (Lipinski definition) is 2. The third-order valence-corrected chi connectivity index (χ3v) is 4.45. The number of anilines is 2. The van der Waals surface area contributed by atoms with Crippen LogP contribution < -0.4 is 5.32 Å². The number of unbranched alkanes of at least 4 members (excludes halogenated alkanes) is 4. The fourth-order valence-electron chi connectivity index (χ4n) is 2.90. The molecule has 0 unspecified atom stereocenters. The molecule has 0 atom stereocenters. The van der Waals surface area contributed by atoms with Gasteiger partial charge in [-0.3, -0.25) is 0 Å². The average Bonchev–Trinajstić information content (AvgIpc) is 2.60. The normalized spacial score (nSPS) is 10.8. The molecule has 2 N–H and O–H groups in total. The van der Waals surface area contributed by atoms with Gasteiger partial charge >= 0.3 is 0 Å². The lowest BCUT2D eigenvalue weighted by atomic mass is 10.0. The molecule has 2 nitrogen and oxygen atoms in total. The third kappa shape index (κ3) is 5.92. The van der Waals surface area contributed by atoms with Crippen LogP contribution in [0.2, 0.25) is 0 Å². The first-order chi connectivity index (χ1) is 11.7. The molecule has 24 heavy (non-hydrogen) atoms. The van der Waals surface area contributed by atoms with Crippen molar-refractivity contribution in [3.05, 3.63) is 53.6 Å². The van der Waals surface area contributed by atoms with E-state index in [0.29, 0.717) is 5.75 Å². The molecule has 2 aromatic rings. The smallest absolute Gasteiger partial charge is 0.120 e. The number of nitrogens with one attached hydrogen (secondary N) is 1. The van der Waals surface area contributed by atoms with E-state index in [1.54, 1.807) is 0 Å². The first-order valence-corrected chi connectivity index (χ1v) is 9.40. The minimum Gasteiger partial charge on any atom is -0.508 e. The SMILES string of the molecule is CCCCCCc1ccc(Nc2ccc(CCCC)cc2)cc1O. The Morgan fingerprint density at radius 2 is 1.46 bits per heavy atom. The van der Waals surface area contributed by atoms with Crippen LogP contribution in [0.15, 0.2) is 42.5 Å². The molecule has 0 radical (unpaired) electrons. The summed E-state index contributed by atoms with van der Waals surface area (Å²) in [7, 11) is 0. The zero-order chi connectivity index (χ0) is 17.2. The summed E-state index contributed by atoms with van der Waals surface area (Å²) >= 11 is 0. The quantitative estimate of drug-likeness (QED) is 0.482. The second kappa shape index (κ2) is 10.0. The number of hydrogen-bond acceptors (Lipinski definition) is 2. The molecule has 0 heterocycles. The molecule has 0 saturated heterocycles. The molecular weight excluding hydrogens is 294 g/mol. The predicted octanol–water partition coefficient (Wildman–Crippen LogP) is 6.60. The van der Waals surface area contributed by atoms with Gasteiger partial charge in [-0.2, -0.15) is 0 Å². The van der Waals surface area contributed by atoms with Crippen LogP contribution in [0.5, 0.6) is 5.75 Å². The molecule has 2 heteroatoms. The van der Waals surface area contributed by atoms with Gasteiger partial charge in [-0.25, -0.2) is 0 Å². The number of rotatable bonds is 10. The summed E-state index contributed by atoms with van der Waals surface area (Å²) in [5.74, 6) is 0.399. The van der Waals surface area contributed by atoms with Crippen molar-refractivity contribution in [1.82, 2.24) is 0 Å².